The first-order chi connectivity index (χ1) is 12.9. The molecule has 1 saturated heterocycles. The third kappa shape index (κ3) is 4.51. The number of nitrogens with zero attached hydrogens (tertiary/aromatic N) is 1. The normalized spacial score (nSPS) is 16.5. The molecule has 6 heteroatoms. The van der Waals surface area contributed by atoms with Gasteiger partial charge in [0.15, 0.2) is 5.78 Å². The molecule has 1 aliphatic rings. The average molecular weight is 432 g/mol. The van der Waals surface area contributed by atoms with Crippen molar-refractivity contribution in [3.8, 4) is 11.5 Å². The van der Waals surface area contributed by atoms with Gasteiger partial charge in [-0.05, 0) is 42.7 Å². The van der Waals surface area contributed by atoms with Gasteiger partial charge in [0, 0.05) is 35.9 Å². The van der Waals surface area contributed by atoms with Gasteiger partial charge in [0.1, 0.15) is 11.5 Å². The van der Waals surface area contributed by atoms with Crippen molar-refractivity contribution in [1.82, 2.24) is 4.90 Å². The van der Waals surface area contributed by atoms with Crippen molar-refractivity contribution >= 4 is 21.7 Å². The summed E-state index contributed by atoms with van der Waals surface area (Å²) in [7, 11) is 1.50. The summed E-state index contributed by atoms with van der Waals surface area (Å²) in [6.07, 6.45) is 4.35. The number of hydrogen-bond donors (Lipinski definition) is 2. The van der Waals surface area contributed by atoms with Gasteiger partial charge in [0.25, 0.3) is 0 Å². The number of carbonyl (C=O) groups is 1. The SMILES string of the molecule is COc1ccc(C(=O)/C=C/N2CCC(O)(c3ccc(Br)cc3)CC2)c(O)c1. The highest BCUT2D eigenvalue weighted by Gasteiger charge is 2.33. The predicted octanol–water partition coefficient (Wildman–Crippen LogP) is 3.84. The summed E-state index contributed by atoms with van der Waals surface area (Å²) < 4.78 is 6.01. The summed E-state index contributed by atoms with van der Waals surface area (Å²) in [5, 5.41) is 20.9. The summed E-state index contributed by atoms with van der Waals surface area (Å²) in [5.41, 5.74) is 0.299. The number of methoxy groups -OCH3 is 1. The van der Waals surface area contributed by atoms with Crippen molar-refractivity contribution in [1.29, 1.82) is 0 Å². The molecule has 27 heavy (non-hydrogen) atoms. The maximum absolute atomic E-state index is 12.3. The van der Waals surface area contributed by atoms with Crippen molar-refractivity contribution in [3.63, 3.8) is 0 Å². The van der Waals surface area contributed by atoms with E-state index in [1.54, 1.807) is 18.3 Å². The minimum atomic E-state index is -0.844. The van der Waals surface area contributed by atoms with Crippen LogP contribution in [-0.4, -0.2) is 41.1 Å². The van der Waals surface area contributed by atoms with E-state index in [9.17, 15) is 15.0 Å². The molecular formula is C21H22BrNO4. The van der Waals surface area contributed by atoms with Crippen LogP contribution >= 0.6 is 15.9 Å². The maximum atomic E-state index is 12.3. The zero-order valence-electron chi connectivity index (χ0n) is 15.1. The third-order valence-corrected chi connectivity index (χ3v) is 5.44. The van der Waals surface area contributed by atoms with E-state index in [-0.39, 0.29) is 17.1 Å². The molecule has 1 fully saturated rings. The average Bonchev–Trinajstić information content (AvgIpc) is 2.67. The van der Waals surface area contributed by atoms with Crippen LogP contribution in [0.4, 0.5) is 0 Å². The molecule has 0 bridgehead atoms. The number of likely N-dealkylation sites (tertiary alicyclic amines) is 1. The van der Waals surface area contributed by atoms with E-state index in [0.29, 0.717) is 31.7 Å². The molecular weight excluding hydrogens is 410 g/mol. The van der Waals surface area contributed by atoms with Crippen molar-refractivity contribution in [2.75, 3.05) is 20.2 Å². The number of ketones is 1. The summed E-state index contributed by atoms with van der Waals surface area (Å²) in [6.45, 7) is 1.29. The second-order valence-electron chi connectivity index (χ2n) is 6.64. The van der Waals surface area contributed by atoms with E-state index in [4.69, 9.17) is 4.74 Å². The van der Waals surface area contributed by atoms with Gasteiger partial charge in [-0.2, -0.15) is 0 Å². The standard InChI is InChI=1S/C21H22BrNO4/c1-27-17-6-7-18(20(25)14-17)19(24)8-11-23-12-9-21(26,10-13-23)15-2-4-16(22)5-3-15/h2-8,11,14,25-26H,9-10,12-13H2,1H3/b11-8+. The van der Waals surface area contributed by atoms with Gasteiger partial charge in [-0.3, -0.25) is 4.79 Å². The Morgan fingerprint density at radius 1 is 1.19 bits per heavy atom. The van der Waals surface area contributed by atoms with E-state index in [0.717, 1.165) is 10.0 Å². The molecule has 2 aromatic rings. The Balaban J connectivity index is 1.61. The molecule has 1 heterocycles. The van der Waals surface area contributed by atoms with Crippen LogP contribution in [0.2, 0.25) is 0 Å². The number of halogens is 1. The fourth-order valence-corrected chi connectivity index (χ4v) is 3.47. The molecule has 0 radical (unpaired) electrons. The topological polar surface area (TPSA) is 70.0 Å². The number of aliphatic hydroxyl groups is 1. The monoisotopic (exact) mass is 431 g/mol. The molecule has 0 amide bonds. The van der Waals surface area contributed by atoms with E-state index < -0.39 is 5.60 Å². The van der Waals surface area contributed by atoms with E-state index in [1.807, 2.05) is 29.2 Å². The van der Waals surface area contributed by atoms with E-state index in [2.05, 4.69) is 15.9 Å². The molecule has 0 saturated carbocycles. The quantitative estimate of drug-likeness (QED) is 0.555. The predicted molar refractivity (Wildman–Crippen MR) is 107 cm³/mol. The fourth-order valence-electron chi connectivity index (χ4n) is 3.20. The van der Waals surface area contributed by atoms with Crippen LogP contribution in [0.15, 0.2) is 59.2 Å². The van der Waals surface area contributed by atoms with Crippen LogP contribution in [0.5, 0.6) is 11.5 Å². The molecule has 3 rings (SSSR count). The van der Waals surface area contributed by atoms with Crippen LogP contribution in [0.25, 0.3) is 0 Å². The van der Waals surface area contributed by atoms with Gasteiger partial charge < -0.3 is 19.8 Å². The summed E-state index contributed by atoms with van der Waals surface area (Å²) in [6, 6.07) is 12.3. The molecule has 142 valence electrons. The van der Waals surface area contributed by atoms with Gasteiger partial charge in [-0.1, -0.05) is 28.1 Å². The number of aromatic hydroxyl groups is 1. The van der Waals surface area contributed by atoms with Crippen LogP contribution < -0.4 is 4.74 Å². The van der Waals surface area contributed by atoms with Crippen molar-refractivity contribution in [2.24, 2.45) is 0 Å². The number of rotatable bonds is 5. The van der Waals surface area contributed by atoms with Gasteiger partial charge in [-0.25, -0.2) is 0 Å². The lowest BCUT2D eigenvalue weighted by molar-refractivity contribution is -0.0161. The van der Waals surface area contributed by atoms with Crippen LogP contribution in [0, 0.1) is 0 Å². The summed E-state index contributed by atoms with van der Waals surface area (Å²) >= 11 is 3.41. The maximum Gasteiger partial charge on any atom is 0.190 e. The number of ether oxygens (including phenoxy) is 1. The molecule has 0 unspecified atom stereocenters. The minimum Gasteiger partial charge on any atom is -0.507 e. The van der Waals surface area contributed by atoms with Gasteiger partial charge >= 0.3 is 0 Å². The first-order valence-corrected chi connectivity index (χ1v) is 9.52. The van der Waals surface area contributed by atoms with E-state index >= 15 is 0 Å². The first-order valence-electron chi connectivity index (χ1n) is 8.73. The number of carbonyl (C=O) groups excluding carboxylic acids is 1. The van der Waals surface area contributed by atoms with Crippen LogP contribution in [0.1, 0.15) is 28.8 Å². The Kier molecular flexibility index (Phi) is 5.87. The fraction of sp³-hybridized carbons (Fsp3) is 0.286. The smallest absolute Gasteiger partial charge is 0.190 e. The van der Waals surface area contributed by atoms with Crippen molar-refractivity contribution in [3.05, 3.63) is 70.3 Å². The van der Waals surface area contributed by atoms with E-state index in [1.165, 1.54) is 19.3 Å². The lowest BCUT2D eigenvalue weighted by Gasteiger charge is -2.38. The summed E-state index contributed by atoms with van der Waals surface area (Å²) in [5.74, 6) is 0.118. The molecule has 2 N–H and O–H groups in total. The Morgan fingerprint density at radius 2 is 1.85 bits per heavy atom. The molecule has 1 aliphatic heterocycles. The lowest BCUT2D eigenvalue weighted by Crippen LogP contribution is -2.40. The minimum absolute atomic E-state index is 0.104. The molecule has 5 nitrogen and oxygen atoms in total. The number of phenolic OH excluding ortho intramolecular Hbond substituents is 1. The number of piperidine rings is 1. The highest BCUT2D eigenvalue weighted by atomic mass is 79.9. The van der Waals surface area contributed by atoms with Crippen molar-refractivity contribution in [2.45, 2.75) is 18.4 Å². The molecule has 0 aliphatic carbocycles. The number of hydrogen-bond acceptors (Lipinski definition) is 5. The highest BCUT2D eigenvalue weighted by molar-refractivity contribution is 9.10. The Bertz CT molecular complexity index is 840. The molecule has 2 aromatic carbocycles. The van der Waals surface area contributed by atoms with Gasteiger partial charge in [0.2, 0.25) is 0 Å². The van der Waals surface area contributed by atoms with Crippen molar-refractivity contribution < 1.29 is 19.7 Å². The lowest BCUT2D eigenvalue weighted by atomic mass is 9.84. The van der Waals surface area contributed by atoms with Gasteiger partial charge in [0.05, 0.1) is 18.3 Å². The number of benzene rings is 2. The van der Waals surface area contributed by atoms with Crippen LogP contribution in [0.3, 0.4) is 0 Å². The number of phenols is 1. The Hall–Kier alpha value is -2.31. The Morgan fingerprint density at radius 3 is 2.44 bits per heavy atom. The van der Waals surface area contributed by atoms with Gasteiger partial charge in [-0.15, -0.1) is 0 Å². The molecule has 0 spiro atoms. The first kappa shape index (κ1) is 19.5. The second-order valence-corrected chi connectivity index (χ2v) is 7.55. The molecule has 0 aromatic heterocycles. The highest BCUT2D eigenvalue weighted by Crippen LogP contribution is 2.33. The third-order valence-electron chi connectivity index (χ3n) is 4.91. The second kappa shape index (κ2) is 8.15. The number of allylic oxidation sites excluding steroid dienone is 1. The van der Waals surface area contributed by atoms with Crippen LogP contribution in [-0.2, 0) is 5.60 Å². The largest absolute Gasteiger partial charge is 0.507 e. The molecule has 0 atom stereocenters. The zero-order chi connectivity index (χ0) is 19.4. The zero-order valence-corrected chi connectivity index (χ0v) is 16.6. The Labute approximate surface area is 167 Å². The summed E-state index contributed by atoms with van der Waals surface area (Å²) in [4.78, 5) is 14.3.